The van der Waals surface area contributed by atoms with E-state index in [4.69, 9.17) is 4.74 Å². The highest BCUT2D eigenvalue weighted by Gasteiger charge is 2.30. The van der Waals surface area contributed by atoms with E-state index in [-0.39, 0.29) is 11.6 Å². The van der Waals surface area contributed by atoms with Gasteiger partial charge in [0.15, 0.2) is 0 Å². The lowest BCUT2D eigenvalue weighted by Crippen LogP contribution is -2.46. The molecule has 0 spiro atoms. The van der Waals surface area contributed by atoms with Gasteiger partial charge in [-0.1, -0.05) is 0 Å². The smallest absolute Gasteiger partial charge is 0.317 e. The molecule has 2 aliphatic heterocycles. The summed E-state index contributed by atoms with van der Waals surface area (Å²) in [6, 6.07) is -0.00867. The van der Waals surface area contributed by atoms with Gasteiger partial charge in [-0.15, -0.1) is 0 Å². The summed E-state index contributed by atoms with van der Waals surface area (Å²) in [6.45, 7) is 5.24. The summed E-state index contributed by atoms with van der Waals surface area (Å²) in [6.07, 6.45) is 8.03. The van der Waals surface area contributed by atoms with Gasteiger partial charge in [0.25, 0.3) is 0 Å². The van der Waals surface area contributed by atoms with Gasteiger partial charge in [-0.3, -0.25) is 0 Å². The molecule has 1 aromatic heterocycles. The van der Waals surface area contributed by atoms with Crippen molar-refractivity contribution in [2.24, 2.45) is 5.92 Å². The monoisotopic (exact) mass is 306 g/mol. The van der Waals surface area contributed by atoms with Gasteiger partial charge in [0.1, 0.15) is 5.82 Å². The minimum Gasteiger partial charge on any atom is -0.373 e. The fraction of sp³-hybridized carbons (Fsp3) is 0.750. The summed E-state index contributed by atoms with van der Waals surface area (Å²) in [5, 5.41) is 3.01. The summed E-state index contributed by atoms with van der Waals surface area (Å²) in [4.78, 5) is 18.4. The zero-order valence-electron chi connectivity index (χ0n) is 13.5. The second kappa shape index (κ2) is 6.28. The molecular formula is C16H26N4O2. The zero-order chi connectivity index (χ0) is 15.6. The molecule has 122 valence electrons. The molecule has 1 fully saturated rings. The number of aryl methyl sites for hydroxylation is 1. The van der Waals surface area contributed by atoms with E-state index in [1.807, 2.05) is 19.4 Å². The molecule has 0 unspecified atom stereocenters. The predicted octanol–water partition coefficient (Wildman–Crippen LogP) is 1.66. The summed E-state index contributed by atoms with van der Waals surface area (Å²) >= 11 is 0. The van der Waals surface area contributed by atoms with E-state index in [0.717, 1.165) is 51.2 Å². The Morgan fingerprint density at radius 2 is 2.50 bits per heavy atom. The van der Waals surface area contributed by atoms with Gasteiger partial charge in [-0.05, 0) is 32.1 Å². The van der Waals surface area contributed by atoms with Gasteiger partial charge in [-0.2, -0.15) is 0 Å². The first kappa shape index (κ1) is 15.3. The largest absolute Gasteiger partial charge is 0.373 e. The van der Waals surface area contributed by atoms with E-state index in [1.165, 1.54) is 0 Å². The maximum atomic E-state index is 12.2. The topological polar surface area (TPSA) is 59.4 Å². The molecule has 2 aliphatic rings. The number of aromatic nitrogens is 2. The average Bonchev–Trinajstić information content (AvgIpc) is 3.13. The fourth-order valence-corrected chi connectivity index (χ4v) is 3.42. The summed E-state index contributed by atoms with van der Waals surface area (Å²) in [7, 11) is 1.87. The number of imidazole rings is 1. The number of nitrogens with one attached hydrogen (secondary N) is 1. The molecule has 0 radical (unpaired) electrons. The molecule has 0 aliphatic carbocycles. The maximum Gasteiger partial charge on any atom is 0.317 e. The van der Waals surface area contributed by atoms with Crippen molar-refractivity contribution in [3.8, 4) is 0 Å². The standard InChI is InChI=1S/C16H26N4O2/c1-16(5-3-9-22-16)12-18-15(21)19(2)11-13-4-7-20-8-6-17-14(20)10-13/h6,8,13H,3-5,7,9-12H2,1-2H3,(H,18,21)/t13-,16-/m1/s1. The zero-order valence-corrected chi connectivity index (χ0v) is 13.5. The minimum absolute atomic E-state index is 0.00867. The fourth-order valence-electron chi connectivity index (χ4n) is 3.42. The Balaban J connectivity index is 1.45. The van der Waals surface area contributed by atoms with Gasteiger partial charge >= 0.3 is 6.03 Å². The molecule has 2 amide bonds. The lowest BCUT2D eigenvalue weighted by Gasteiger charge is -2.29. The number of hydrogen-bond donors (Lipinski definition) is 1. The van der Waals surface area contributed by atoms with Crippen molar-refractivity contribution in [1.29, 1.82) is 0 Å². The van der Waals surface area contributed by atoms with Gasteiger partial charge < -0.3 is 19.5 Å². The highest BCUT2D eigenvalue weighted by atomic mass is 16.5. The van der Waals surface area contributed by atoms with Gasteiger partial charge in [0.05, 0.1) is 5.60 Å². The van der Waals surface area contributed by atoms with Crippen LogP contribution in [0, 0.1) is 5.92 Å². The van der Waals surface area contributed by atoms with E-state index in [2.05, 4.69) is 21.8 Å². The van der Waals surface area contributed by atoms with E-state index < -0.39 is 0 Å². The van der Waals surface area contributed by atoms with Gasteiger partial charge in [-0.25, -0.2) is 9.78 Å². The van der Waals surface area contributed by atoms with E-state index >= 15 is 0 Å². The Labute approximate surface area is 131 Å². The van der Waals surface area contributed by atoms with Crippen LogP contribution in [0.4, 0.5) is 4.79 Å². The van der Waals surface area contributed by atoms with Crippen molar-refractivity contribution in [2.45, 2.75) is 44.8 Å². The molecule has 6 heteroatoms. The first-order valence-electron chi connectivity index (χ1n) is 8.19. The highest BCUT2D eigenvalue weighted by molar-refractivity contribution is 5.73. The number of carbonyl (C=O) groups is 1. The second-order valence-electron chi connectivity index (χ2n) is 6.84. The Kier molecular flexibility index (Phi) is 4.38. The summed E-state index contributed by atoms with van der Waals surface area (Å²) in [5.41, 5.74) is -0.188. The molecule has 22 heavy (non-hydrogen) atoms. The van der Waals surface area contributed by atoms with Crippen LogP contribution < -0.4 is 5.32 Å². The van der Waals surface area contributed by atoms with Crippen LogP contribution in [0.15, 0.2) is 12.4 Å². The van der Waals surface area contributed by atoms with E-state index in [0.29, 0.717) is 12.5 Å². The SMILES string of the molecule is CN(C[C@@H]1CCn2ccnc2C1)C(=O)NC[C@@]1(C)CCCO1. The third kappa shape index (κ3) is 3.43. The number of urea groups is 1. The van der Waals surface area contributed by atoms with Crippen LogP contribution in [0.2, 0.25) is 0 Å². The van der Waals surface area contributed by atoms with Crippen LogP contribution >= 0.6 is 0 Å². The Hall–Kier alpha value is -1.56. The summed E-state index contributed by atoms with van der Waals surface area (Å²) in [5.74, 6) is 1.63. The van der Waals surface area contributed by atoms with Crippen molar-refractivity contribution < 1.29 is 9.53 Å². The lowest BCUT2D eigenvalue weighted by atomic mass is 9.97. The molecular weight excluding hydrogens is 280 g/mol. The maximum absolute atomic E-state index is 12.2. The number of rotatable bonds is 4. The normalized spacial score (nSPS) is 27.5. The quantitative estimate of drug-likeness (QED) is 0.920. The molecule has 0 aromatic carbocycles. The third-order valence-corrected chi connectivity index (χ3v) is 4.84. The number of ether oxygens (including phenoxy) is 1. The number of nitrogens with zero attached hydrogens (tertiary/aromatic N) is 3. The van der Waals surface area contributed by atoms with Crippen LogP contribution in [0.1, 0.15) is 32.0 Å². The first-order valence-corrected chi connectivity index (χ1v) is 8.19. The van der Waals surface area contributed by atoms with Crippen LogP contribution in [-0.2, 0) is 17.7 Å². The Morgan fingerprint density at radius 1 is 1.64 bits per heavy atom. The molecule has 6 nitrogen and oxygen atoms in total. The Bertz CT molecular complexity index is 522. The van der Waals surface area contributed by atoms with Crippen LogP contribution in [0.3, 0.4) is 0 Å². The molecule has 0 saturated carbocycles. The van der Waals surface area contributed by atoms with Crippen molar-refractivity contribution in [3.63, 3.8) is 0 Å². The number of carbonyl (C=O) groups excluding carboxylic acids is 1. The molecule has 3 rings (SSSR count). The van der Waals surface area contributed by atoms with Crippen LogP contribution in [0.5, 0.6) is 0 Å². The third-order valence-electron chi connectivity index (χ3n) is 4.84. The Morgan fingerprint density at radius 3 is 3.27 bits per heavy atom. The molecule has 3 heterocycles. The average molecular weight is 306 g/mol. The first-order chi connectivity index (χ1) is 10.6. The number of fused-ring (bicyclic) bond motifs is 1. The van der Waals surface area contributed by atoms with Crippen molar-refractivity contribution in [2.75, 3.05) is 26.7 Å². The lowest BCUT2D eigenvalue weighted by molar-refractivity contribution is 0.0220. The van der Waals surface area contributed by atoms with Crippen molar-refractivity contribution in [1.82, 2.24) is 19.8 Å². The predicted molar refractivity (Wildman–Crippen MR) is 83.7 cm³/mol. The number of hydrogen-bond acceptors (Lipinski definition) is 3. The van der Waals surface area contributed by atoms with Gasteiger partial charge in [0, 0.05) is 52.1 Å². The number of amides is 2. The van der Waals surface area contributed by atoms with E-state index in [1.54, 1.807) is 4.90 Å². The molecule has 1 saturated heterocycles. The van der Waals surface area contributed by atoms with Gasteiger partial charge in [0.2, 0.25) is 0 Å². The van der Waals surface area contributed by atoms with Crippen molar-refractivity contribution in [3.05, 3.63) is 18.2 Å². The summed E-state index contributed by atoms with van der Waals surface area (Å²) < 4.78 is 7.91. The van der Waals surface area contributed by atoms with Crippen molar-refractivity contribution >= 4 is 6.03 Å². The molecule has 1 N–H and O–H groups in total. The van der Waals surface area contributed by atoms with E-state index in [9.17, 15) is 4.79 Å². The minimum atomic E-state index is -0.188. The molecule has 1 aromatic rings. The van der Waals surface area contributed by atoms with Crippen LogP contribution in [0.25, 0.3) is 0 Å². The molecule has 0 bridgehead atoms. The molecule has 2 atom stereocenters. The van der Waals surface area contributed by atoms with Crippen LogP contribution in [-0.4, -0.2) is 52.8 Å². The highest BCUT2D eigenvalue weighted by Crippen LogP contribution is 2.24. The second-order valence-corrected chi connectivity index (χ2v) is 6.84.